The van der Waals surface area contributed by atoms with Gasteiger partial charge in [-0.2, -0.15) is 0 Å². The van der Waals surface area contributed by atoms with Crippen molar-refractivity contribution < 1.29 is 0 Å². The molecule has 0 heteroatoms. The van der Waals surface area contributed by atoms with Gasteiger partial charge in [0.1, 0.15) is 0 Å². The lowest BCUT2D eigenvalue weighted by Crippen LogP contribution is -1.66. The lowest BCUT2D eigenvalue weighted by Gasteiger charge is -1.84. The number of hydrogen-bond donors (Lipinski definition) is 0. The summed E-state index contributed by atoms with van der Waals surface area (Å²) in [6.45, 7) is 5.83. The predicted molar refractivity (Wildman–Crippen MR) is 38.3 cm³/mol. The Morgan fingerprint density at radius 1 is 1.38 bits per heavy atom. The topological polar surface area (TPSA) is 0 Å². The molecule has 0 aliphatic heterocycles. The van der Waals surface area contributed by atoms with Gasteiger partial charge in [0.2, 0.25) is 0 Å². The van der Waals surface area contributed by atoms with Crippen LogP contribution in [0.1, 0.15) is 26.2 Å². The molecule has 0 aromatic rings. The zero-order valence-corrected chi connectivity index (χ0v) is 5.56. The first-order valence-electron chi connectivity index (χ1n) is 3.17. The van der Waals surface area contributed by atoms with E-state index in [1.807, 2.05) is 0 Å². The molecule has 0 bridgehead atoms. The van der Waals surface area contributed by atoms with Crippen molar-refractivity contribution in [2.24, 2.45) is 0 Å². The second-order valence-corrected chi connectivity index (χ2v) is 1.69. The minimum Gasteiger partial charge on any atom is -0.0885 e. The van der Waals surface area contributed by atoms with E-state index in [0.717, 1.165) is 12.8 Å². The van der Waals surface area contributed by atoms with Crippen LogP contribution in [0.25, 0.3) is 0 Å². The maximum Gasteiger partial charge on any atom is -0.0320 e. The van der Waals surface area contributed by atoms with E-state index in [1.54, 1.807) is 0 Å². The third kappa shape index (κ3) is 5.74. The third-order valence-electron chi connectivity index (χ3n) is 0.925. The second kappa shape index (κ2) is 6.74. The van der Waals surface area contributed by atoms with Crippen molar-refractivity contribution in [2.75, 3.05) is 0 Å². The van der Waals surface area contributed by atoms with Crippen LogP contribution in [0.3, 0.4) is 0 Å². The molecule has 2 radical (unpaired) electrons. The van der Waals surface area contributed by atoms with Crippen LogP contribution in [-0.2, 0) is 0 Å². The van der Waals surface area contributed by atoms with Gasteiger partial charge in [-0.05, 0) is 26.2 Å². The maximum absolute atomic E-state index is 3.68. The van der Waals surface area contributed by atoms with Gasteiger partial charge in [0, 0.05) is 0 Å². The van der Waals surface area contributed by atoms with Gasteiger partial charge < -0.3 is 0 Å². The Morgan fingerprint density at radius 2 is 2.12 bits per heavy atom. The summed E-state index contributed by atoms with van der Waals surface area (Å²) in [5.74, 6) is 0. The van der Waals surface area contributed by atoms with Crippen molar-refractivity contribution in [1.82, 2.24) is 0 Å². The SMILES string of the molecule is [CH2]CC=CC[CH]CC. The molecule has 0 aromatic carbocycles. The molecule has 0 saturated heterocycles. The fraction of sp³-hybridized carbons (Fsp3) is 0.500. The summed E-state index contributed by atoms with van der Waals surface area (Å²) in [5.41, 5.74) is 0. The van der Waals surface area contributed by atoms with Crippen molar-refractivity contribution >= 4 is 0 Å². The lowest BCUT2D eigenvalue weighted by atomic mass is 10.2. The summed E-state index contributed by atoms with van der Waals surface area (Å²) in [6, 6.07) is 0. The highest BCUT2D eigenvalue weighted by molar-refractivity contribution is 4.86. The molecule has 46 valence electrons. The normalized spacial score (nSPS) is 10.8. The van der Waals surface area contributed by atoms with Crippen LogP contribution in [0.2, 0.25) is 0 Å². The molecular weight excluding hydrogens is 96.1 g/mol. The fourth-order valence-corrected chi connectivity index (χ4v) is 0.477. The van der Waals surface area contributed by atoms with Gasteiger partial charge >= 0.3 is 0 Å². The fourth-order valence-electron chi connectivity index (χ4n) is 0.477. The standard InChI is InChI=1S/C8H14/c1-3-5-7-8-6-4-2/h5-7H,1,3-4,8H2,2H3. The first kappa shape index (κ1) is 7.74. The van der Waals surface area contributed by atoms with E-state index in [1.165, 1.54) is 6.42 Å². The highest BCUT2D eigenvalue weighted by atomic mass is 13.8. The van der Waals surface area contributed by atoms with Gasteiger partial charge in [0.15, 0.2) is 0 Å². The van der Waals surface area contributed by atoms with Crippen LogP contribution in [0.4, 0.5) is 0 Å². The van der Waals surface area contributed by atoms with Gasteiger partial charge in [0.05, 0.1) is 0 Å². The molecular formula is C8H14. The van der Waals surface area contributed by atoms with E-state index in [9.17, 15) is 0 Å². The first-order valence-corrected chi connectivity index (χ1v) is 3.17. The number of unbranched alkanes of at least 4 members (excludes halogenated alkanes) is 2. The van der Waals surface area contributed by atoms with Gasteiger partial charge in [-0.3, -0.25) is 0 Å². The monoisotopic (exact) mass is 110 g/mol. The number of rotatable bonds is 4. The maximum atomic E-state index is 3.68. The molecule has 0 atom stereocenters. The smallest absolute Gasteiger partial charge is 0.0320 e. The van der Waals surface area contributed by atoms with Crippen LogP contribution in [-0.4, -0.2) is 0 Å². The van der Waals surface area contributed by atoms with Crippen molar-refractivity contribution in [2.45, 2.75) is 26.2 Å². The van der Waals surface area contributed by atoms with E-state index in [0.29, 0.717) is 0 Å². The largest absolute Gasteiger partial charge is 0.0885 e. The zero-order valence-electron chi connectivity index (χ0n) is 5.56. The quantitative estimate of drug-likeness (QED) is 0.385. The minimum atomic E-state index is 0.914. The average molecular weight is 110 g/mol. The van der Waals surface area contributed by atoms with Crippen molar-refractivity contribution in [3.63, 3.8) is 0 Å². The molecule has 0 unspecified atom stereocenters. The van der Waals surface area contributed by atoms with Gasteiger partial charge in [0.25, 0.3) is 0 Å². The van der Waals surface area contributed by atoms with Crippen LogP contribution >= 0.6 is 0 Å². The Kier molecular flexibility index (Phi) is 6.52. The summed E-state index contributed by atoms with van der Waals surface area (Å²) in [4.78, 5) is 0. The average Bonchev–Trinajstić information content (AvgIpc) is 1.81. The van der Waals surface area contributed by atoms with Gasteiger partial charge in [-0.25, -0.2) is 0 Å². The Morgan fingerprint density at radius 3 is 2.62 bits per heavy atom. The van der Waals surface area contributed by atoms with Crippen LogP contribution < -0.4 is 0 Å². The van der Waals surface area contributed by atoms with E-state index >= 15 is 0 Å². The summed E-state index contributed by atoms with van der Waals surface area (Å²) in [6.07, 6.45) is 9.67. The molecule has 0 spiro atoms. The minimum absolute atomic E-state index is 0.914. The van der Waals surface area contributed by atoms with E-state index in [-0.39, 0.29) is 0 Å². The Balaban J connectivity index is 2.80. The molecule has 0 nitrogen and oxygen atoms in total. The second-order valence-electron chi connectivity index (χ2n) is 1.69. The first-order chi connectivity index (χ1) is 3.91. The zero-order chi connectivity index (χ0) is 6.24. The molecule has 0 rings (SSSR count). The highest BCUT2D eigenvalue weighted by Crippen LogP contribution is 1.93. The van der Waals surface area contributed by atoms with Crippen molar-refractivity contribution in [3.8, 4) is 0 Å². The van der Waals surface area contributed by atoms with E-state index in [4.69, 9.17) is 0 Å². The summed E-state index contributed by atoms with van der Waals surface area (Å²) < 4.78 is 0. The Labute approximate surface area is 52.6 Å². The summed E-state index contributed by atoms with van der Waals surface area (Å²) in [7, 11) is 0. The third-order valence-corrected chi connectivity index (χ3v) is 0.925. The predicted octanol–water partition coefficient (Wildman–Crippen LogP) is 2.77. The van der Waals surface area contributed by atoms with Gasteiger partial charge in [-0.15, -0.1) is 0 Å². The Hall–Kier alpha value is -0.260. The van der Waals surface area contributed by atoms with E-state index < -0.39 is 0 Å². The van der Waals surface area contributed by atoms with Gasteiger partial charge in [-0.1, -0.05) is 25.5 Å². The molecule has 0 heterocycles. The van der Waals surface area contributed by atoms with Crippen LogP contribution in [0, 0.1) is 13.3 Å². The molecule has 0 aliphatic carbocycles. The molecule has 0 aromatic heterocycles. The van der Waals surface area contributed by atoms with Crippen molar-refractivity contribution in [1.29, 1.82) is 0 Å². The van der Waals surface area contributed by atoms with Crippen LogP contribution in [0.15, 0.2) is 12.2 Å². The molecule has 0 amide bonds. The lowest BCUT2D eigenvalue weighted by molar-refractivity contribution is 1.02. The molecule has 0 saturated carbocycles. The summed E-state index contributed by atoms with van der Waals surface area (Å²) >= 11 is 0. The molecule has 0 N–H and O–H groups in total. The number of hydrogen-bond acceptors (Lipinski definition) is 0. The molecule has 0 fully saturated rings. The molecule has 0 aliphatic rings. The summed E-state index contributed by atoms with van der Waals surface area (Å²) in [5, 5.41) is 0. The van der Waals surface area contributed by atoms with Crippen molar-refractivity contribution in [3.05, 3.63) is 25.5 Å². The van der Waals surface area contributed by atoms with E-state index in [2.05, 4.69) is 32.4 Å². The van der Waals surface area contributed by atoms with Crippen LogP contribution in [0.5, 0.6) is 0 Å². The molecule has 8 heavy (non-hydrogen) atoms. The Bertz CT molecular complexity index is 53.1. The number of allylic oxidation sites excluding steroid dienone is 2. The highest BCUT2D eigenvalue weighted by Gasteiger charge is 1.75.